The molecule has 86 valence electrons. The molecule has 0 aromatic carbocycles. The third-order valence-electron chi connectivity index (χ3n) is 3.40. The Bertz CT molecular complexity index is 128. The Labute approximate surface area is 89.6 Å². The summed E-state index contributed by atoms with van der Waals surface area (Å²) in [6.45, 7) is 13.3. The fourth-order valence-electron chi connectivity index (χ4n) is 1.95. The molecule has 2 heteroatoms. The summed E-state index contributed by atoms with van der Waals surface area (Å²) in [6, 6.07) is 0. The second kappa shape index (κ2) is 7.24. The lowest BCUT2D eigenvalue weighted by Crippen LogP contribution is -2.40. The zero-order chi connectivity index (χ0) is 11.0. The molecule has 0 radical (unpaired) electrons. The predicted molar refractivity (Wildman–Crippen MR) is 62.7 cm³/mol. The monoisotopic (exact) mass is 201 g/mol. The van der Waals surface area contributed by atoms with Crippen LogP contribution in [-0.2, 0) is 4.74 Å². The summed E-state index contributed by atoms with van der Waals surface area (Å²) in [4.78, 5) is 2.49. The molecule has 0 bridgehead atoms. The summed E-state index contributed by atoms with van der Waals surface area (Å²) in [5, 5.41) is 0. The number of rotatable bonds is 8. The molecule has 0 spiro atoms. The van der Waals surface area contributed by atoms with Crippen LogP contribution in [0.2, 0.25) is 0 Å². The molecule has 0 saturated heterocycles. The molecule has 0 fully saturated rings. The van der Waals surface area contributed by atoms with Crippen LogP contribution in [0.1, 0.15) is 40.5 Å². The molecule has 0 aliphatic rings. The van der Waals surface area contributed by atoms with Gasteiger partial charge in [0.2, 0.25) is 0 Å². The Morgan fingerprint density at radius 1 is 1.00 bits per heavy atom. The van der Waals surface area contributed by atoms with Crippen LogP contribution in [0.3, 0.4) is 0 Å². The third kappa shape index (κ3) is 3.97. The van der Waals surface area contributed by atoms with Gasteiger partial charge < -0.3 is 9.64 Å². The van der Waals surface area contributed by atoms with Gasteiger partial charge in [0.1, 0.15) is 0 Å². The Hall–Kier alpha value is -0.0800. The molecule has 0 aromatic rings. The second-order valence-corrected chi connectivity index (χ2v) is 4.10. The van der Waals surface area contributed by atoms with Crippen LogP contribution in [-0.4, -0.2) is 38.3 Å². The van der Waals surface area contributed by atoms with Crippen LogP contribution in [0.4, 0.5) is 0 Å². The zero-order valence-electron chi connectivity index (χ0n) is 10.6. The van der Waals surface area contributed by atoms with Crippen molar-refractivity contribution in [3.05, 3.63) is 0 Å². The SMILES string of the molecule is CCN(CC)CC(CC)(CC)COC. The molecule has 0 heterocycles. The average Bonchev–Trinajstić information content (AvgIpc) is 2.24. The summed E-state index contributed by atoms with van der Waals surface area (Å²) in [6.07, 6.45) is 2.40. The van der Waals surface area contributed by atoms with Gasteiger partial charge in [0.15, 0.2) is 0 Å². The Morgan fingerprint density at radius 3 is 1.79 bits per heavy atom. The summed E-state index contributed by atoms with van der Waals surface area (Å²) in [5.41, 5.74) is 0.362. The number of hydrogen-bond donors (Lipinski definition) is 0. The number of nitrogens with zero attached hydrogens (tertiary/aromatic N) is 1. The van der Waals surface area contributed by atoms with Crippen LogP contribution in [0.15, 0.2) is 0 Å². The van der Waals surface area contributed by atoms with E-state index in [9.17, 15) is 0 Å². The molecule has 0 atom stereocenters. The van der Waals surface area contributed by atoms with E-state index in [1.54, 1.807) is 0 Å². The Balaban J connectivity index is 4.31. The zero-order valence-corrected chi connectivity index (χ0v) is 10.6. The van der Waals surface area contributed by atoms with E-state index in [2.05, 4.69) is 32.6 Å². The molecular weight excluding hydrogens is 174 g/mol. The van der Waals surface area contributed by atoms with E-state index in [1.165, 1.54) is 19.4 Å². The fourth-order valence-corrected chi connectivity index (χ4v) is 1.95. The molecule has 0 unspecified atom stereocenters. The predicted octanol–water partition coefficient (Wildman–Crippen LogP) is 2.78. The summed E-state index contributed by atoms with van der Waals surface area (Å²) < 4.78 is 5.35. The molecule has 2 nitrogen and oxygen atoms in total. The van der Waals surface area contributed by atoms with Crippen molar-refractivity contribution in [2.75, 3.05) is 33.4 Å². The molecule has 0 aromatic heterocycles. The molecule has 0 N–H and O–H groups in total. The minimum absolute atomic E-state index is 0.362. The van der Waals surface area contributed by atoms with Crippen molar-refractivity contribution >= 4 is 0 Å². The molecule has 0 amide bonds. The van der Waals surface area contributed by atoms with Crippen LogP contribution in [0, 0.1) is 5.41 Å². The number of methoxy groups -OCH3 is 1. The highest BCUT2D eigenvalue weighted by Crippen LogP contribution is 2.27. The smallest absolute Gasteiger partial charge is 0.0530 e. The van der Waals surface area contributed by atoms with Gasteiger partial charge in [-0.05, 0) is 25.9 Å². The lowest BCUT2D eigenvalue weighted by molar-refractivity contribution is 0.0412. The van der Waals surface area contributed by atoms with E-state index in [1.807, 2.05) is 7.11 Å². The van der Waals surface area contributed by atoms with Crippen molar-refractivity contribution in [3.8, 4) is 0 Å². The first-order valence-electron chi connectivity index (χ1n) is 5.89. The minimum Gasteiger partial charge on any atom is -0.384 e. The van der Waals surface area contributed by atoms with Crippen molar-refractivity contribution in [3.63, 3.8) is 0 Å². The van der Waals surface area contributed by atoms with Crippen LogP contribution in [0.5, 0.6) is 0 Å². The first-order valence-corrected chi connectivity index (χ1v) is 5.89. The van der Waals surface area contributed by atoms with Crippen LogP contribution >= 0.6 is 0 Å². The lowest BCUT2D eigenvalue weighted by atomic mass is 9.82. The molecule has 0 rings (SSSR count). The van der Waals surface area contributed by atoms with Gasteiger partial charge in [-0.15, -0.1) is 0 Å². The van der Waals surface area contributed by atoms with E-state index >= 15 is 0 Å². The fraction of sp³-hybridized carbons (Fsp3) is 1.00. The van der Waals surface area contributed by atoms with Crippen molar-refractivity contribution in [2.24, 2.45) is 5.41 Å². The Morgan fingerprint density at radius 2 is 1.50 bits per heavy atom. The second-order valence-electron chi connectivity index (χ2n) is 4.10. The van der Waals surface area contributed by atoms with Crippen molar-refractivity contribution < 1.29 is 4.74 Å². The number of ether oxygens (including phenoxy) is 1. The third-order valence-corrected chi connectivity index (χ3v) is 3.40. The Kier molecular flexibility index (Phi) is 7.20. The highest BCUT2D eigenvalue weighted by atomic mass is 16.5. The normalized spacial score (nSPS) is 12.4. The van der Waals surface area contributed by atoms with Gasteiger partial charge in [0.25, 0.3) is 0 Å². The summed E-state index contributed by atoms with van der Waals surface area (Å²) in [7, 11) is 1.81. The minimum atomic E-state index is 0.362. The van der Waals surface area contributed by atoms with Gasteiger partial charge in [0, 0.05) is 19.1 Å². The van der Waals surface area contributed by atoms with Crippen molar-refractivity contribution in [1.29, 1.82) is 0 Å². The van der Waals surface area contributed by atoms with E-state index in [4.69, 9.17) is 4.74 Å². The first kappa shape index (κ1) is 13.9. The summed E-state index contributed by atoms with van der Waals surface area (Å²) in [5.74, 6) is 0. The van der Waals surface area contributed by atoms with Crippen LogP contribution < -0.4 is 0 Å². The first-order chi connectivity index (χ1) is 6.67. The van der Waals surface area contributed by atoms with Gasteiger partial charge in [0.05, 0.1) is 6.61 Å². The van der Waals surface area contributed by atoms with Crippen molar-refractivity contribution in [2.45, 2.75) is 40.5 Å². The highest BCUT2D eigenvalue weighted by molar-refractivity contribution is 4.79. The van der Waals surface area contributed by atoms with E-state index in [0.717, 1.165) is 19.7 Å². The molecule has 0 aliphatic heterocycles. The van der Waals surface area contributed by atoms with E-state index < -0.39 is 0 Å². The quantitative estimate of drug-likeness (QED) is 0.599. The van der Waals surface area contributed by atoms with E-state index in [0.29, 0.717) is 5.41 Å². The number of hydrogen-bond acceptors (Lipinski definition) is 2. The van der Waals surface area contributed by atoms with Gasteiger partial charge in [-0.3, -0.25) is 0 Å². The highest BCUT2D eigenvalue weighted by Gasteiger charge is 2.27. The molecule has 0 saturated carbocycles. The largest absolute Gasteiger partial charge is 0.384 e. The van der Waals surface area contributed by atoms with Gasteiger partial charge in [-0.2, -0.15) is 0 Å². The molecule has 0 aliphatic carbocycles. The lowest BCUT2D eigenvalue weighted by Gasteiger charge is -2.36. The van der Waals surface area contributed by atoms with Crippen molar-refractivity contribution in [1.82, 2.24) is 4.90 Å². The van der Waals surface area contributed by atoms with E-state index in [-0.39, 0.29) is 0 Å². The summed E-state index contributed by atoms with van der Waals surface area (Å²) >= 11 is 0. The average molecular weight is 201 g/mol. The maximum atomic E-state index is 5.35. The van der Waals surface area contributed by atoms with Gasteiger partial charge in [-0.25, -0.2) is 0 Å². The maximum Gasteiger partial charge on any atom is 0.0530 e. The molecular formula is C12H27NO. The maximum absolute atomic E-state index is 5.35. The van der Waals surface area contributed by atoms with Gasteiger partial charge in [-0.1, -0.05) is 27.7 Å². The van der Waals surface area contributed by atoms with Gasteiger partial charge >= 0.3 is 0 Å². The molecule has 14 heavy (non-hydrogen) atoms. The van der Waals surface area contributed by atoms with Crippen LogP contribution in [0.25, 0.3) is 0 Å². The standard InChI is InChI=1S/C12H27NO/c1-6-12(7-2,11-14-5)10-13(8-3)9-4/h6-11H2,1-5H3. The topological polar surface area (TPSA) is 12.5 Å².